The summed E-state index contributed by atoms with van der Waals surface area (Å²) in [7, 11) is 0. The van der Waals surface area contributed by atoms with Gasteiger partial charge in [0, 0.05) is 25.0 Å². The molecular weight excluding hydrogens is 346 g/mol. The predicted octanol–water partition coefficient (Wildman–Crippen LogP) is 6.40. The second-order valence-corrected chi connectivity index (χ2v) is 7.42. The van der Waals surface area contributed by atoms with E-state index in [0.29, 0.717) is 19.0 Å². The first-order chi connectivity index (χ1) is 12.8. The summed E-state index contributed by atoms with van der Waals surface area (Å²) in [4.78, 5) is 11.4. The molecular formula is C22H42ClNO2. The lowest BCUT2D eigenvalue weighted by Gasteiger charge is -2.03. The minimum atomic E-state index is -0.243. The highest BCUT2D eigenvalue weighted by molar-refractivity contribution is 6.18. The summed E-state index contributed by atoms with van der Waals surface area (Å²) in [5.74, 6) is 0.333. The Hall–Kier alpha value is -0.540. The molecule has 0 bridgehead atoms. The molecule has 0 aromatic heterocycles. The van der Waals surface area contributed by atoms with Crippen molar-refractivity contribution in [2.75, 3.05) is 25.6 Å². The van der Waals surface area contributed by atoms with Gasteiger partial charge in [-0.05, 0) is 12.8 Å². The Morgan fingerprint density at radius 2 is 1.38 bits per heavy atom. The molecule has 0 rings (SSSR count). The van der Waals surface area contributed by atoms with Crippen LogP contribution in [0.15, 0.2) is 12.2 Å². The highest BCUT2D eigenvalue weighted by atomic mass is 35.5. The highest BCUT2D eigenvalue weighted by Gasteiger charge is 1.96. The summed E-state index contributed by atoms with van der Waals surface area (Å²) in [5, 5.41) is 3.08. The van der Waals surface area contributed by atoms with Crippen molar-refractivity contribution in [2.24, 2.45) is 0 Å². The molecule has 0 aromatic rings. The standard InChI is InChI=1S/C22H42ClNO2/c1-2-3-4-5-6-7-8-9-10-11-12-13-14-15-16-17-22(25)26-21-20-24-19-18-23/h16-17,24H,2-15,18-21H2,1H3. The van der Waals surface area contributed by atoms with Gasteiger partial charge in [-0.25, -0.2) is 4.79 Å². The van der Waals surface area contributed by atoms with Crippen LogP contribution >= 0.6 is 11.6 Å². The molecule has 0 fully saturated rings. The largest absolute Gasteiger partial charge is 0.461 e. The second kappa shape index (κ2) is 22.5. The molecule has 0 aliphatic carbocycles. The van der Waals surface area contributed by atoms with Crippen LogP contribution in [0.3, 0.4) is 0 Å². The molecule has 0 atom stereocenters. The van der Waals surface area contributed by atoms with E-state index in [-0.39, 0.29) is 5.97 Å². The van der Waals surface area contributed by atoms with Gasteiger partial charge in [-0.15, -0.1) is 11.6 Å². The monoisotopic (exact) mass is 387 g/mol. The molecule has 0 unspecified atom stereocenters. The van der Waals surface area contributed by atoms with Crippen LogP contribution in [-0.2, 0) is 9.53 Å². The molecule has 0 aromatic carbocycles. The van der Waals surface area contributed by atoms with E-state index in [0.717, 1.165) is 13.0 Å². The fraction of sp³-hybridized carbons (Fsp3) is 0.864. The molecule has 1 N–H and O–H groups in total. The topological polar surface area (TPSA) is 38.3 Å². The lowest BCUT2D eigenvalue weighted by Crippen LogP contribution is -2.22. The van der Waals surface area contributed by atoms with E-state index in [2.05, 4.69) is 12.2 Å². The van der Waals surface area contributed by atoms with Crippen molar-refractivity contribution in [3.05, 3.63) is 12.2 Å². The van der Waals surface area contributed by atoms with Crippen molar-refractivity contribution in [1.82, 2.24) is 5.32 Å². The maximum absolute atomic E-state index is 11.4. The van der Waals surface area contributed by atoms with Gasteiger partial charge in [0.05, 0.1) is 0 Å². The number of hydrogen-bond donors (Lipinski definition) is 1. The third kappa shape index (κ3) is 21.5. The van der Waals surface area contributed by atoms with Crippen molar-refractivity contribution in [2.45, 2.75) is 96.8 Å². The number of alkyl halides is 1. The van der Waals surface area contributed by atoms with Gasteiger partial charge in [-0.1, -0.05) is 90.0 Å². The molecule has 0 aliphatic rings. The first-order valence-corrected chi connectivity index (χ1v) is 11.4. The van der Waals surface area contributed by atoms with Gasteiger partial charge < -0.3 is 10.1 Å². The summed E-state index contributed by atoms with van der Waals surface area (Å²) < 4.78 is 5.08. The number of unbranched alkanes of at least 4 members (excludes halogenated alkanes) is 13. The number of hydrogen-bond acceptors (Lipinski definition) is 3. The Morgan fingerprint density at radius 3 is 1.92 bits per heavy atom. The average molecular weight is 388 g/mol. The summed E-state index contributed by atoms with van der Waals surface area (Å²) >= 11 is 5.54. The predicted molar refractivity (Wildman–Crippen MR) is 114 cm³/mol. The third-order valence-electron chi connectivity index (χ3n) is 4.52. The molecule has 0 saturated heterocycles. The summed E-state index contributed by atoms with van der Waals surface area (Å²) in [6, 6.07) is 0. The van der Waals surface area contributed by atoms with E-state index in [1.165, 1.54) is 83.5 Å². The number of carbonyl (C=O) groups is 1. The van der Waals surface area contributed by atoms with Crippen LogP contribution in [0.5, 0.6) is 0 Å². The first-order valence-electron chi connectivity index (χ1n) is 10.9. The van der Waals surface area contributed by atoms with Crippen LogP contribution in [0.1, 0.15) is 96.8 Å². The van der Waals surface area contributed by atoms with Gasteiger partial charge in [-0.3, -0.25) is 0 Å². The Kier molecular flexibility index (Phi) is 22.0. The summed E-state index contributed by atoms with van der Waals surface area (Å²) in [5.41, 5.74) is 0. The Morgan fingerprint density at radius 1 is 0.846 bits per heavy atom. The summed E-state index contributed by atoms with van der Waals surface area (Å²) in [6.07, 6.45) is 22.2. The fourth-order valence-electron chi connectivity index (χ4n) is 2.92. The maximum atomic E-state index is 11.4. The van der Waals surface area contributed by atoms with Gasteiger partial charge in [0.2, 0.25) is 0 Å². The van der Waals surface area contributed by atoms with E-state index in [1.807, 2.05) is 6.08 Å². The lowest BCUT2D eigenvalue weighted by molar-refractivity contribution is -0.137. The van der Waals surface area contributed by atoms with Crippen LogP contribution in [-0.4, -0.2) is 31.5 Å². The number of rotatable bonds is 20. The van der Waals surface area contributed by atoms with Gasteiger partial charge in [-0.2, -0.15) is 0 Å². The highest BCUT2D eigenvalue weighted by Crippen LogP contribution is 2.12. The van der Waals surface area contributed by atoms with E-state index in [1.54, 1.807) is 6.08 Å². The summed E-state index contributed by atoms with van der Waals surface area (Å²) in [6.45, 7) is 4.08. The normalized spacial score (nSPS) is 11.3. The van der Waals surface area contributed by atoms with Crippen LogP contribution in [0.25, 0.3) is 0 Å². The molecule has 0 aliphatic heterocycles. The lowest BCUT2D eigenvalue weighted by atomic mass is 10.0. The zero-order valence-electron chi connectivity index (χ0n) is 17.1. The number of ether oxygens (including phenoxy) is 1. The van der Waals surface area contributed by atoms with E-state index < -0.39 is 0 Å². The van der Waals surface area contributed by atoms with Crippen LogP contribution in [0.4, 0.5) is 0 Å². The van der Waals surface area contributed by atoms with Crippen molar-refractivity contribution in [3.63, 3.8) is 0 Å². The van der Waals surface area contributed by atoms with Crippen LogP contribution in [0, 0.1) is 0 Å². The Labute approximate surface area is 167 Å². The van der Waals surface area contributed by atoms with Gasteiger partial charge in [0.15, 0.2) is 0 Å². The van der Waals surface area contributed by atoms with Crippen molar-refractivity contribution in [3.8, 4) is 0 Å². The first kappa shape index (κ1) is 25.5. The number of esters is 1. The molecule has 154 valence electrons. The minimum absolute atomic E-state index is 0.243. The van der Waals surface area contributed by atoms with Crippen LogP contribution in [0.2, 0.25) is 0 Å². The molecule has 0 saturated carbocycles. The van der Waals surface area contributed by atoms with Crippen LogP contribution < -0.4 is 5.32 Å². The Balaban J connectivity index is 3.19. The maximum Gasteiger partial charge on any atom is 0.330 e. The van der Waals surface area contributed by atoms with Crippen molar-refractivity contribution < 1.29 is 9.53 Å². The number of halogens is 1. The smallest absolute Gasteiger partial charge is 0.330 e. The van der Waals surface area contributed by atoms with Crippen molar-refractivity contribution >= 4 is 17.6 Å². The molecule has 0 spiro atoms. The van der Waals surface area contributed by atoms with Gasteiger partial charge in [0.25, 0.3) is 0 Å². The molecule has 0 heterocycles. The zero-order chi connectivity index (χ0) is 19.1. The molecule has 0 radical (unpaired) electrons. The number of allylic oxidation sites excluding steroid dienone is 1. The molecule has 26 heavy (non-hydrogen) atoms. The van der Waals surface area contributed by atoms with E-state index in [9.17, 15) is 4.79 Å². The molecule has 3 nitrogen and oxygen atoms in total. The van der Waals surface area contributed by atoms with Gasteiger partial charge in [0.1, 0.15) is 6.61 Å². The number of carbonyl (C=O) groups excluding carboxylic acids is 1. The van der Waals surface area contributed by atoms with Gasteiger partial charge >= 0.3 is 5.97 Å². The third-order valence-corrected chi connectivity index (χ3v) is 4.71. The average Bonchev–Trinajstić information content (AvgIpc) is 2.64. The fourth-order valence-corrected chi connectivity index (χ4v) is 3.06. The second-order valence-electron chi connectivity index (χ2n) is 7.04. The Bertz CT molecular complexity index is 321. The molecule has 4 heteroatoms. The SMILES string of the molecule is CCCCCCCCCCCCCCCC=CC(=O)OCCNCCCl. The quantitative estimate of drug-likeness (QED) is 0.114. The molecule has 0 amide bonds. The number of nitrogens with one attached hydrogen (secondary N) is 1. The zero-order valence-corrected chi connectivity index (χ0v) is 17.8. The van der Waals surface area contributed by atoms with E-state index in [4.69, 9.17) is 16.3 Å². The van der Waals surface area contributed by atoms with Crippen molar-refractivity contribution in [1.29, 1.82) is 0 Å². The van der Waals surface area contributed by atoms with E-state index >= 15 is 0 Å². The minimum Gasteiger partial charge on any atom is -0.461 e.